The van der Waals surface area contributed by atoms with Crippen molar-refractivity contribution in [3.05, 3.63) is 39.2 Å². The standard InChI is InChI=1S/C14H13Cl2N3O2S/c1-2-6-17-11(20)7-10-13(21)19-14(22-10)18-12-8(15)4-3-5-9(12)16/h3-5,7H,2,6H2,1H3,(H,17,20)(H,18,19,21)/b10-7-. The average Bonchev–Trinajstić information content (AvgIpc) is 2.81. The van der Waals surface area contributed by atoms with Crippen molar-refractivity contribution in [3.8, 4) is 0 Å². The predicted molar refractivity (Wildman–Crippen MR) is 90.7 cm³/mol. The highest BCUT2D eigenvalue weighted by Gasteiger charge is 2.25. The Morgan fingerprint density at radius 1 is 1.41 bits per heavy atom. The number of para-hydroxylation sites is 1. The second kappa shape index (κ2) is 7.67. The molecule has 116 valence electrons. The smallest absolute Gasteiger partial charge is 0.264 e. The Labute approximate surface area is 142 Å². The lowest BCUT2D eigenvalue weighted by Gasteiger charge is -2.01. The van der Waals surface area contributed by atoms with Gasteiger partial charge in [0.15, 0.2) is 5.17 Å². The second-order valence-corrected chi connectivity index (χ2v) is 6.19. The molecular formula is C14H13Cl2N3O2S. The molecule has 2 N–H and O–H groups in total. The van der Waals surface area contributed by atoms with E-state index in [0.29, 0.717) is 27.4 Å². The van der Waals surface area contributed by atoms with E-state index in [1.54, 1.807) is 18.2 Å². The predicted octanol–water partition coefficient (Wildman–Crippen LogP) is 3.25. The van der Waals surface area contributed by atoms with Gasteiger partial charge in [-0.1, -0.05) is 36.2 Å². The summed E-state index contributed by atoms with van der Waals surface area (Å²) in [5.41, 5.74) is 0.380. The van der Waals surface area contributed by atoms with E-state index in [1.807, 2.05) is 6.92 Å². The van der Waals surface area contributed by atoms with Crippen molar-refractivity contribution in [2.24, 2.45) is 4.99 Å². The summed E-state index contributed by atoms with van der Waals surface area (Å²) in [6, 6.07) is 5.02. The molecule has 0 radical (unpaired) electrons. The maximum absolute atomic E-state index is 11.8. The van der Waals surface area contributed by atoms with Crippen LogP contribution >= 0.6 is 35.0 Å². The molecular weight excluding hydrogens is 345 g/mol. The Balaban J connectivity index is 2.17. The van der Waals surface area contributed by atoms with E-state index in [9.17, 15) is 9.59 Å². The van der Waals surface area contributed by atoms with E-state index < -0.39 is 0 Å². The maximum atomic E-state index is 11.8. The topological polar surface area (TPSA) is 70.6 Å². The molecule has 1 fully saturated rings. The van der Waals surface area contributed by atoms with Crippen molar-refractivity contribution in [1.82, 2.24) is 10.6 Å². The van der Waals surface area contributed by atoms with Crippen molar-refractivity contribution >= 4 is 57.6 Å². The van der Waals surface area contributed by atoms with Gasteiger partial charge in [-0.3, -0.25) is 9.59 Å². The van der Waals surface area contributed by atoms with E-state index in [4.69, 9.17) is 23.2 Å². The summed E-state index contributed by atoms with van der Waals surface area (Å²) >= 11 is 13.1. The summed E-state index contributed by atoms with van der Waals surface area (Å²) < 4.78 is 0. The second-order valence-electron chi connectivity index (χ2n) is 4.34. The summed E-state index contributed by atoms with van der Waals surface area (Å²) in [5.74, 6) is -0.685. The first-order valence-corrected chi connectivity index (χ1v) is 8.10. The van der Waals surface area contributed by atoms with E-state index in [2.05, 4.69) is 15.6 Å². The summed E-state index contributed by atoms with van der Waals surface area (Å²) in [6.07, 6.45) is 2.08. The van der Waals surface area contributed by atoms with Gasteiger partial charge in [-0.15, -0.1) is 0 Å². The Bertz CT molecular complexity index is 654. The minimum Gasteiger partial charge on any atom is -0.353 e. The summed E-state index contributed by atoms with van der Waals surface area (Å²) in [4.78, 5) is 28.0. The first-order valence-electron chi connectivity index (χ1n) is 6.52. The molecule has 0 atom stereocenters. The van der Waals surface area contributed by atoms with Crippen molar-refractivity contribution < 1.29 is 9.59 Å². The zero-order valence-electron chi connectivity index (χ0n) is 11.7. The van der Waals surface area contributed by atoms with Gasteiger partial charge < -0.3 is 10.6 Å². The minimum absolute atomic E-state index is 0.274. The molecule has 0 unspecified atom stereocenters. The van der Waals surface area contributed by atoms with Crippen LogP contribution in [0.5, 0.6) is 0 Å². The Morgan fingerprint density at radius 3 is 2.73 bits per heavy atom. The van der Waals surface area contributed by atoms with Gasteiger partial charge in [0.05, 0.1) is 15.0 Å². The van der Waals surface area contributed by atoms with Crippen LogP contribution in [0.15, 0.2) is 34.2 Å². The first-order chi connectivity index (χ1) is 10.5. The lowest BCUT2D eigenvalue weighted by Crippen LogP contribution is -2.23. The number of aliphatic imine (C=N–C) groups is 1. The molecule has 1 saturated heterocycles. The number of benzene rings is 1. The van der Waals surface area contributed by atoms with E-state index in [1.165, 1.54) is 6.08 Å². The zero-order valence-corrected chi connectivity index (χ0v) is 14.0. The highest BCUT2D eigenvalue weighted by molar-refractivity contribution is 8.18. The molecule has 8 heteroatoms. The number of nitrogens with zero attached hydrogens (tertiary/aromatic N) is 1. The summed E-state index contributed by atoms with van der Waals surface area (Å²) in [5, 5.41) is 6.34. The highest BCUT2D eigenvalue weighted by Crippen LogP contribution is 2.35. The highest BCUT2D eigenvalue weighted by atomic mass is 35.5. The van der Waals surface area contributed by atoms with Crippen LogP contribution in [0.1, 0.15) is 13.3 Å². The quantitative estimate of drug-likeness (QED) is 0.812. The molecule has 0 aliphatic carbocycles. The van der Waals surface area contributed by atoms with Gasteiger partial charge in [-0.2, -0.15) is 0 Å². The minimum atomic E-state index is -0.376. The fourth-order valence-corrected chi connectivity index (χ4v) is 2.88. The van der Waals surface area contributed by atoms with Gasteiger partial charge in [-0.05, 0) is 30.3 Å². The van der Waals surface area contributed by atoms with Crippen LogP contribution < -0.4 is 10.6 Å². The van der Waals surface area contributed by atoms with Crippen molar-refractivity contribution in [3.63, 3.8) is 0 Å². The number of halogens is 2. The van der Waals surface area contributed by atoms with Crippen LogP contribution in [0.3, 0.4) is 0 Å². The number of thioether (sulfide) groups is 1. The number of nitrogens with one attached hydrogen (secondary N) is 2. The van der Waals surface area contributed by atoms with E-state index in [0.717, 1.165) is 18.2 Å². The molecule has 5 nitrogen and oxygen atoms in total. The third-order valence-corrected chi connectivity index (χ3v) is 4.13. The van der Waals surface area contributed by atoms with Crippen molar-refractivity contribution in [2.75, 3.05) is 6.54 Å². The van der Waals surface area contributed by atoms with Crippen molar-refractivity contribution in [1.29, 1.82) is 0 Å². The third-order valence-electron chi connectivity index (χ3n) is 2.61. The summed E-state index contributed by atoms with van der Waals surface area (Å²) in [6.45, 7) is 2.51. The number of amidine groups is 1. The van der Waals surface area contributed by atoms with E-state index >= 15 is 0 Å². The lowest BCUT2D eigenvalue weighted by atomic mass is 10.3. The number of carbonyl (C=O) groups is 2. The largest absolute Gasteiger partial charge is 0.353 e. The normalized spacial score (nSPS) is 17.9. The molecule has 0 saturated carbocycles. The lowest BCUT2D eigenvalue weighted by molar-refractivity contribution is -0.118. The van der Waals surface area contributed by atoms with Gasteiger partial charge in [0.2, 0.25) is 5.91 Å². The molecule has 0 spiro atoms. The molecule has 22 heavy (non-hydrogen) atoms. The van der Waals surface area contributed by atoms with Crippen LogP contribution in [0.2, 0.25) is 10.0 Å². The van der Waals surface area contributed by atoms with Gasteiger partial charge in [0.25, 0.3) is 5.91 Å². The van der Waals surface area contributed by atoms with Crippen LogP contribution in [0, 0.1) is 0 Å². The van der Waals surface area contributed by atoms with Crippen LogP contribution in [0.25, 0.3) is 0 Å². The Morgan fingerprint density at radius 2 is 2.09 bits per heavy atom. The molecule has 0 bridgehead atoms. The number of amides is 2. The maximum Gasteiger partial charge on any atom is 0.264 e. The zero-order chi connectivity index (χ0) is 16.1. The van der Waals surface area contributed by atoms with Gasteiger partial charge in [0.1, 0.15) is 5.69 Å². The SMILES string of the molecule is CCCNC(=O)/C=C1\SC(=Nc2c(Cl)cccc2Cl)NC1=O. The first kappa shape index (κ1) is 16.9. The van der Waals surface area contributed by atoms with Gasteiger partial charge in [0, 0.05) is 12.6 Å². The number of hydrogen-bond acceptors (Lipinski definition) is 4. The summed E-state index contributed by atoms with van der Waals surface area (Å²) in [7, 11) is 0. The average molecular weight is 358 g/mol. The molecule has 1 aliphatic rings. The van der Waals surface area contributed by atoms with Crippen molar-refractivity contribution in [2.45, 2.75) is 13.3 Å². The molecule has 0 aromatic heterocycles. The number of carbonyl (C=O) groups excluding carboxylic acids is 2. The van der Waals surface area contributed by atoms with E-state index in [-0.39, 0.29) is 16.7 Å². The van der Waals surface area contributed by atoms with Crippen LogP contribution in [0.4, 0.5) is 5.69 Å². The third kappa shape index (κ3) is 4.25. The van der Waals surface area contributed by atoms with Crippen LogP contribution in [-0.2, 0) is 9.59 Å². The Kier molecular flexibility index (Phi) is 5.88. The molecule has 1 heterocycles. The Hall–Kier alpha value is -1.50. The fourth-order valence-electron chi connectivity index (χ4n) is 1.60. The van der Waals surface area contributed by atoms with Gasteiger partial charge >= 0.3 is 0 Å². The molecule has 2 rings (SSSR count). The van der Waals surface area contributed by atoms with Crippen LogP contribution in [-0.4, -0.2) is 23.5 Å². The fraction of sp³-hybridized carbons (Fsp3) is 0.214. The molecule has 1 aromatic rings. The van der Waals surface area contributed by atoms with Gasteiger partial charge in [-0.25, -0.2) is 4.99 Å². The monoisotopic (exact) mass is 357 g/mol. The molecule has 1 aromatic carbocycles. The number of rotatable bonds is 4. The molecule has 1 aliphatic heterocycles. The molecule has 2 amide bonds. The number of hydrogen-bond donors (Lipinski definition) is 2.